The van der Waals surface area contributed by atoms with Crippen molar-refractivity contribution in [3.8, 4) is 0 Å². The van der Waals surface area contributed by atoms with Crippen LogP contribution in [0.3, 0.4) is 0 Å². The number of carbonyl (C=O) groups excluding carboxylic acids is 1. The zero-order valence-corrected chi connectivity index (χ0v) is 18.6. The van der Waals surface area contributed by atoms with Crippen LogP contribution in [0.25, 0.3) is 0 Å². The fourth-order valence-electron chi connectivity index (χ4n) is 4.01. The van der Waals surface area contributed by atoms with Gasteiger partial charge < -0.3 is 28.4 Å². The molecule has 2 heterocycles. The third-order valence-corrected chi connectivity index (χ3v) is 5.40. The van der Waals surface area contributed by atoms with Crippen molar-refractivity contribution in [3.63, 3.8) is 0 Å². The molecular weight excluding hydrogens is 412 g/mol. The first-order valence-electron chi connectivity index (χ1n) is 10.9. The van der Waals surface area contributed by atoms with Crippen LogP contribution in [0, 0.1) is 0 Å². The minimum absolute atomic E-state index is 0.257. The lowest BCUT2D eigenvalue weighted by molar-refractivity contribution is -0.236. The van der Waals surface area contributed by atoms with Gasteiger partial charge in [0, 0.05) is 6.92 Å². The van der Waals surface area contributed by atoms with Crippen LogP contribution in [0.15, 0.2) is 60.7 Å². The number of rotatable bonds is 9. The minimum Gasteiger partial charge on any atom is -0.457 e. The standard InChI is InChI=1S/C25H30O7/c1-17(26)29-22-21(30-24-23(22)31-25(2,3)32-24)20(28-15-19-12-8-5-9-13-19)16-27-14-18-10-6-4-7-11-18/h4-13,20-24H,14-16H2,1-3H3/t20?,21-,22+,23-,24-/m1/s1. The van der Waals surface area contributed by atoms with Crippen molar-refractivity contribution >= 4 is 5.97 Å². The minimum atomic E-state index is -0.817. The second-order valence-corrected chi connectivity index (χ2v) is 8.48. The molecule has 0 saturated carbocycles. The third-order valence-electron chi connectivity index (χ3n) is 5.40. The van der Waals surface area contributed by atoms with E-state index in [1.807, 2.05) is 60.7 Å². The van der Waals surface area contributed by atoms with E-state index in [0.29, 0.717) is 13.2 Å². The number of fused-ring (bicyclic) bond motifs is 1. The molecule has 2 aliphatic rings. The number of hydrogen-bond acceptors (Lipinski definition) is 7. The Labute approximate surface area is 188 Å². The molecule has 0 spiro atoms. The summed E-state index contributed by atoms with van der Waals surface area (Å²) in [4.78, 5) is 11.8. The zero-order valence-electron chi connectivity index (χ0n) is 18.6. The summed E-state index contributed by atoms with van der Waals surface area (Å²) in [6.45, 7) is 6.05. The molecule has 0 aromatic heterocycles. The van der Waals surface area contributed by atoms with Crippen molar-refractivity contribution < 1.29 is 33.2 Å². The van der Waals surface area contributed by atoms with E-state index in [9.17, 15) is 4.79 Å². The van der Waals surface area contributed by atoms with Crippen LogP contribution in [0.5, 0.6) is 0 Å². The molecule has 2 saturated heterocycles. The topological polar surface area (TPSA) is 72.5 Å². The van der Waals surface area contributed by atoms with Crippen molar-refractivity contribution in [3.05, 3.63) is 71.8 Å². The Morgan fingerprint density at radius 3 is 2.22 bits per heavy atom. The molecule has 0 amide bonds. The molecular formula is C25H30O7. The quantitative estimate of drug-likeness (QED) is 0.550. The molecule has 1 unspecified atom stereocenters. The van der Waals surface area contributed by atoms with Crippen molar-refractivity contribution in [2.75, 3.05) is 6.61 Å². The Bertz CT molecular complexity index is 870. The fourth-order valence-corrected chi connectivity index (χ4v) is 4.01. The van der Waals surface area contributed by atoms with E-state index in [4.69, 9.17) is 28.4 Å². The van der Waals surface area contributed by atoms with E-state index in [1.165, 1.54) is 6.92 Å². The normalized spacial score (nSPS) is 27.1. The van der Waals surface area contributed by atoms with Gasteiger partial charge in [0.15, 0.2) is 24.3 Å². The molecule has 4 rings (SSSR count). The van der Waals surface area contributed by atoms with E-state index >= 15 is 0 Å². The first-order chi connectivity index (χ1) is 15.4. The first-order valence-corrected chi connectivity index (χ1v) is 10.9. The molecule has 0 bridgehead atoms. The molecule has 7 nitrogen and oxygen atoms in total. The molecule has 2 aromatic rings. The Morgan fingerprint density at radius 2 is 1.59 bits per heavy atom. The average Bonchev–Trinajstić information content (AvgIpc) is 3.24. The maximum Gasteiger partial charge on any atom is 0.303 e. The molecule has 172 valence electrons. The summed E-state index contributed by atoms with van der Waals surface area (Å²) in [5, 5.41) is 0. The van der Waals surface area contributed by atoms with Gasteiger partial charge in [-0.3, -0.25) is 4.79 Å². The lowest BCUT2D eigenvalue weighted by Gasteiger charge is -2.30. The molecule has 2 aliphatic heterocycles. The van der Waals surface area contributed by atoms with Crippen LogP contribution < -0.4 is 0 Å². The van der Waals surface area contributed by atoms with Crippen LogP contribution in [0.4, 0.5) is 0 Å². The van der Waals surface area contributed by atoms with Gasteiger partial charge >= 0.3 is 5.97 Å². The van der Waals surface area contributed by atoms with Gasteiger partial charge in [0.25, 0.3) is 0 Å². The molecule has 5 atom stereocenters. The highest BCUT2D eigenvalue weighted by Gasteiger charge is 2.58. The summed E-state index contributed by atoms with van der Waals surface area (Å²) >= 11 is 0. The maximum atomic E-state index is 11.8. The van der Waals surface area contributed by atoms with E-state index in [0.717, 1.165) is 11.1 Å². The van der Waals surface area contributed by atoms with Gasteiger partial charge in [-0.05, 0) is 25.0 Å². The van der Waals surface area contributed by atoms with Crippen molar-refractivity contribution in [2.24, 2.45) is 0 Å². The fraction of sp³-hybridized carbons (Fsp3) is 0.480. The van der Waals surface area contributed by atoms with Gasteiger partial charge in [0.05, 0.1) is 19.8 Å². The monoisotopic (exact) mass is 442 g/mol. The van der Waals surface area contributed by atoms with E-state index < -0.39 is 42.5 Å². The maximum absolute atomic E-state index is 11.8. The first kappa shape index (κ1) is 22.9. The highest BCUT2D eigenvalue weighted by molar-refractivity contribution is 5.66. The van der Waals surface area contributed by atoms with Gasteiger partial charge in [-0.25, -0.2) is 0 Å². The van der Waals surface area contributed by atoms with E-state index in [-0.39, 0.29) is 6.61 Å². The SMILES string of the molecule is CC(=O)O[C@@H]1[C@H]2OC(C)(C)O[C@H]2O[C@@H]1C(COCc1ccccc1)OCc1ccccc1. The predicted octanol–water partition coefficient (Wildman–Crippen LogP) is 3.60. The molecule has 2 fully saturated rings. The number of carbonyl (C=O) groups is 1. The van der Waals surface area contributed by atoms with Crippen LogP contribution in [-0.4, -0.2) is 49.1 Å². The lowest BCUT2D eigenvalue weighted by atomic mass is 10.1. The van der Waals surface area contributed by atoms with Gasteiger partial charge in [0.1, 0.15) is 12.2 Å². The van der Waals surface area contributed by atoms with Gasteiger partial charge in [-0.1, -0.05) is 60.7 Å². The number of ether oxygens (including phenoxy) is 6. The molecule has 32 heavy (non-hydrogen) atoms. The number of benzene rings is 2. The molecule has 7 heteroatoms. The van der Waals surface area contributed by atoms with E-state index in [1.54, 1.807) is 13.8 Å². The Morgan fingerprint density at radius 1 is 0.969 bits per heavy atom. The number of hydrogen-bond donors (Lipinski definition) is 0. The number of esters is 1. The molecule has 0 aliphatic carbocycles. The Hall–Kier alpha value is -2.29. The molecule has 0 radical (unpaired) electrons. The predicted molar refractivity (Wildman–Crippen MR) is 115 cm³/mol. The molecule has 0 N–H and O–H groups in total. The summed E-state index contributed by atoms with van der Waals surface area (Å²) in [5.74, 6) is -1.23. The summed E-state index contributed by atoms with van der Waals surface area (Å²) in [7, 11) is 0. The Balaban J connectivity index is 1.48. The summed E-state index contributed by atoms with van der Waals surface area (Å²) in [5.41, 5.74) is 2.08. The van der Waals surface area contributed by atoms with Crippen LogP contribution in [-0.2, 0) is 46.4 Å². The van der Waals surface area contributed by atoms with Gasteiger partial charge in [-0.15, -0.1) is 0 Å². The third kappa shape index (κ3) is 5.74. The highest BCUT2D eigenvalue weighted by Crippen LogP contribution is 2.40. The van der Waals surface area contributed by atoms with Crippen molar-refractivity contribution in [1.29, 1.82) is 0 Å². The van der Waals surface area contributed by atoms with Crippen LogP contribution in [0.1, 0.15) is 31.9 Å². The highest BCUT2D eigenvalue weighted by atomic mass is 16.8. The Kier molecular flexibility index (Phi) is 7.23. The molecule has 2 aromatic carbocycles. The lowest BCUT2D eigenvalue weighted by Crippen LogP contribution is -2.46. The summed E-state index contributed by atoms with van der Waals surface area (Å²) in [6.07, 6.45) is -2.93. The summed E-state index contributed by atoms with van der Waals surface area (Å²) in [6, 6.07) is 19.8. The zero-order chi connectivity index (χ0) is 22.6. The largest absolute Gasteiger partial charge is 0.457 e. The van der Waals surface area contributed by atoms with Gasteiger partial charge in [0.2, 0.25) is 0 Å². The van der Waals surface area contributed by atoms with Gasteiger partial charge in [-0.2, -0.15) is 0 Å². The van der Waals surface area contributed by atoms with Crippen LogP contribution >= 0.6 is 0 Å². The smallest absolute Gasteiger partial charge is 0.303 e. The van der Waals surface area contributed by atoms with E-state index in [2.05, 4.69) is 0 Å². The van der Waals surface area contributed by atoms with Crippen molar-refractivity contribution in [2.45, 2.75) is 70.5 Å². The van der Waals surface area contributed by atoms with Crippen molar-refractivity contribution in [1.82, 2.24) is 0 Å². The van der Waals surface area contributed by atoms with Crippen LogP contribution in [0.2, 0.25) is 0 Å². The average molecular weight is 443 g/mol. The summed E-state index contributed by atoms with van der Waals surface area (Å²) < 4.78 is 35.8. The second kappa shape index (κ2) is 10.1. The second-order valence-electron chi connectivity index (χ2n) is 8.48.